The van der Waals surface area contributed by atoms with Crippen LogP contribution >= 0.6 is 0 Å². The molecule has 2 aliphatic carbocycles. The van der Waals surface area contributed by atoms with E-state index in [1.54, 1.807) is 18.3 Å². The number of rotatable bonds is 8. The van der Waals surface area contributed by atoms with Crippen molar-refractivity contribution in [1.29, 1.82) is 0 Å². The predicted octanol–water partition coefficient (Wildman–Crippen LogP) is 6.09. The minimum Gasteiger partial charge on any atom is -0.481 e. The third-order valence-electron chi connectivity index (χ3n) is 8.43. The molecule has 7 nitrogen and oxygen atoms in total. The van der Waals surface area contributed by atoms with Gasteiger partial charge >= 0.3 is 12.1 Å². The van der Waals surface area contributed by atoms with Gasteiger partial charge < -0.3 is 20.3 Å². The van der Waals surface area contributed by atoms with Crippen molar-refractivity contribution in [3.05, 3.63) is 52.3 Å². The summed E-state index contributed by atoms with van der Waals surface area (Å²) in [6, 6.07) is 4.92. The number of nitrogens with one attached hydrogen (secondary N) is 2. The molecule has 2 saturated carbocycles. The van der Waals surface area contributed by atoms with Gasteiger partial charge in [-0.2, -0.15) is 13.2 Å². The Hall–Kier alpha value is -3.30. The molecule has 10 heteroatoms. The molecule has 0 atom stereocenters. The van der Waals surface area contributed by atoms with E-state index in [9.17, 15) is 32.7 Å². The molecule has 1 aromatic carbocycles. The number of nitrogens with zero attached hydrogens (tertiary/aromatic N) is 1. The summed E-state index contributed by atoms with van der Waals surface area (Å²) in [5.41, 5.74) is 3.33. The number of hydrogen-bond acceptors (Lipinski definition) is 3. The molecule has 0 saturated heterocycles. The Morgan fingerprint density at radius 3 is 2.24 bits per heavy atom. The van der Waals surface area contributed by atoms with Gasteiger partial charge in [-0.15, -0.1) is 0 Å². The van der Waals surface area contributed by atoms with E-state index in [0.717, 1.165) is 48.9 Å². The van der Waals surface area contributed by atoms with Gasteiger partial charge in [-0.1, -0.05) is 52.9 Å². The number of carbonyl (C=O) groups excluding carboxylic acids is 2. The topological polar surface area (TPSA) is 100 Å². The van der Waals surface area contributed by atoms with Gasteiger partial charge in [-0.25, -0.2) is 0 Å². The van der Waals surface area contributed by atoms with E-state index in [2.05, 4.69) is 5.32 Å². The maximum absolute atomic E-state index is 13.4. The molecule has 0 unspecified atom stereocenters. The molecule has 0 radical (unpaired) electrons. The molecule has 2 aromatic rings. The molecular formula is C31H40F3N3O4. The summed E-state index contributed by atoms with van der Waals surface area (Å²) in [5, 5.41) is 14.1. The minimum absolute atomic E-state index is 0.117. The van der Waals surface area contributed by atoms with Crippen molar-refractivity contribution in [1.82, 2.24) is 15.2 Å². The van der Waals surface area contributed by atoms with Crippen LogP contribution in [0.4, 0.5) is 13.2 Å². The smallest absolute Gasteiger partial charge is 0.405 e. The molecule has 0 bridgehead atoms. The maximum atomic E-state index is 13.4. The van der Waals surface area contributed by atoms with Crippen LogP contribution in [0.2, 0.25) is 0 Å². The Balaban J connectivity index is 1.73. The molecule has 2 amide bonds. The summed E-state index contributed by atoms with van der Waals surface area (Å²) < 4.78 is 40.4. The van der Waals surface area contributed by atoms with Gasteiger partial charge in [-0.3, -0.25) is 14.4 Å². The molecular weight excluding hydrogens is 535 g/mol. The summed E-state index contributed by atoms with van der Waals surface area (Å²) >= 11 is 0. The number of halogens is 3. The first-order chi connectivity index (χ1) is 19.1. The van der Waals surface area contributed by atoms with Gasteiger partial charge in [0.2, 0.25) is 0 Å². The highest BCUT2D eigenvalue weighted by Gasteiger charge is 2.36. The summed E-state index contributed by atoms with van der Waals surface area (Å²) in [6.45, 7) is 6.37. The van der Waals surface area contributed by atoms with Gasteiger partial charge in [0, 0.05) is 29.2 Å². The van der Waals surface area contributed by atoms with E-state index in [4.69, 9.17) is 0 Å². The second-order valence-corrected chi connectivity index (χ2v) is 12.7. The van der Waals surface area contributed by atoms with Crippen LogP contribution in [0.3, 0.4) is 0 Å². The van der Waals surface area contributed by atoms with E-state index >= 15 is 0 Å². The SMILES string of the molecule is Cc1c(C(=O)N[C@H]2C[C@H](C(=O)O)C2)cn(-c2cc(C(=O)NCC(F)(F)F)cc(C(C)(C)C)c2)c1CC1CCCCC1. The molecule has 224 valence electrons. The Kier molecular flexibility index (Phi) is 8.90. The number of carbonyl (C=O) groups is 3. The second-order valence-electron chi connectivity index (χ2n) is 12.7. The highest BCUT2D eigenvalue weighted by Crippen LogP contribution is 2.34. The molecule has 2 fully saturated rings. The van der Waals surface area contributed by atoms with Crippen molar-refractivity contribution < 1.29 is 32.7 Å². The quantitative estimate of drug-likeness (QED) is 0.355. The van der Waals surface area contributed by atoms with Crippen LogP contribution in [-0.2, 0) is 16.6 Å². The molecule has 4 rings (SSSR count). The Morgan fingerprint density at radius 1 is 1.00 bits per heavy atom. The van der Waals surface area contributed by atoms with Gasteiger partial charge in [0.15, 0.2) is 0 Å². The summed E-state index contributed by atoms with van der Waals surface area (Å²) in [6.07, 6.45) is 4.38. The average molecular weight is 576 g/mol. The first-order valence-electron chi connectivity index (χ1n) is 14.4. The zero-order valence-electron chi connectivity index (χ0n) is 24.2. The molecule has 41 heavy (non-hydrogen) atoms. The largest absolute Gasteiger partial charge is 0.481 e. The Morgan fingerprint density at radius 2 is 1.66 bits per heavy atom. The predicted molar refractivity (Wildman–Crippen MR) is 149 cm³/mol. The van der Waals surface area contributed by atoms with Gasteiger partial charge in [-0.05, 0) is 66.8 Å². The summed E-state index contributed by atoms with van der Waals surface area (Å²) in [5.74, 6) is -1.97. The second kappa shape index (κ2) is 11.9. The first-order valence-corrected chi connectivity index (χ1v) is 14.4. The number of carboxylic acids is 1. The molecule has 0 spiro atoms. The number of amides is 2. The van der Waals surface area contributed by atoms with Crippen LogP contribution in [0, 0.1) is 18.8 Å². The zero-order chi connectivity index (χ0) is 30.1. The molecule has 1 heterocycles. The van der Waals surface area contributed by atoms with Gasteiger partial charge in [0.1, 0.15) is 6.54 Å². The van der Waals surface area contributed by atoms with Crippen molar-refractivity contribution in [3.63, 3.8) is 0 Å². The zero-order valence-corrected chi connectivity index (χ0v) is 24.2. The van der Waals surface area contributed by atoms with Crippen LogP contribution in [0.15, 0.2) is 24.4 Å². The number of aliphatic carboxylic acids is 1. The first kappa shape index (κ1) is 30.7. The van der Waals surface area contributed by atoms with E-state index in [1.165, 1.54) is 6.42 Å². The van der Waals surface area contributed by atoms with Crippen molar-refractivity contribution in [2.24, 2.45) is 11.8 Å². The van der Waals surface area contributed by atoms with Crippen LogP contribution in [-0.4, -0.2) is 46.2 Å². The highest BCUT2D eigenvalue weighted by molar-refractivity contribution is 5.97. The number of carboxylic acid groups (broad SMARTS) is 1. The Bertz CT molecular complexity index is 1300. The summed E-state index contributed by atoms with van der Waals surface area (Å²) in [7, 11) is 0. The van der Waals surface area contributed by atoms with E-state index in [1.807, 2.05) is 43.6 Å². The molecule has 2 aliphatic rings. The number of alkyl halides is 3. The fourth-order valence-electron chi connectivity index (χ4n) is 5.81. The standard InChI is InChI=1S/C31H40F3N3O4/c1-18-25(28(39)36-23-12-21(13-23)29(40)41)16-37(26(18)10-19-8-6-5-7-9-19)24-14-20(11-22(15-24)30(2,3)4)27(38)35-17-31(32,33)34/h11,14-16,19,21,23H,5-10,12-13,17H2,1-4H3,(H,35,38)(H,36,39)(H,40,41)/t21-,23-. The van der Waals surface area contributed by atoms with Crippen LogP contribution in [0.1, 0.15) is 103 Å². The highest BCUT2D eigenvalue weighted by atomic mass is 19.4. The van der Waals surface area contributed by atoms with E-state index < -0.39 is 35.9 Å². The third-order valence-corrected chi connectivity index (χ3v) is 8.43. The normalized spacial score (nSPS) is 19.9. The van der Waals surface area contributed by atoms with Gasteiger partial charge in [0.05, 0.1) is 11.5 Å². The lowest BCUT2D eigenvalue weighted by Crippen LogP contribution is -2.46. The lowest BCUT2D eigenvalue weighted by Gasteiger charge is -2.32. The fraction of sp³-hybridized carbons (Fsp3) is 0.581. The number of hydrogen-bond donors (Lipinski definition) is 3. The summed E-state index contributed by atoms with van der Waals surface area (Å²) in [4.78, 5) is 37.4. The number of benzene rings is 1. The Labute approximate surface area is 238 Å². The van der Waals surface area contributed by atoms with Crippen LogP contribution < -0.4 is 10.6 Å². The van der Waals surface area contributed by atoms with E-state index in [0.29, 0.717) is 30.0 Å². The lowest BCUT2D eigenvalue weighted by atomic mass is 9.80. The fourth-order valence-corrected chi connectivity index (χ4v) is 5.81. The lowest BCUT2D eigenvalue weighted by molar-refractivity contribution is -0.145. The van der Waals surface area contributed by atoms with Crippen molar-refractivity contribution in [3.8, 4) is 5.69 Å². The monoisotopic (exact) mass is 575 g/mol. The van der Waals surface area contributed by atoms with E-state index in [-0.39, 0.29) is 17.5 Å². The third kappa shape index (κ3) is 7.51. The maximum Gasteiger partial charge on any atom is 0.405 e. The molecule has 0 aliphatic heterocycles. The van der Waals surface area contributed by atoms with Crippen LogP contribution in [0.25, 0.3) is 5.69 Å². The van der Waals surface area contributed by atoms with Crippen molar-refractivity contribution in [2.75, 3.05) is 6.54 Å². The number of aromatic nitrogens is 1. The average Bonchev–Trinajstić information content (AvgIpc) is 3.19. The molecule has 3 N–H and O–H groups in total. The minimum atomic E-state index is -4.53. The van der Waals surface area contributed by atoms with Crippen LogP contribution in [0.5, 0.6) is 0 Å². The van der Waals surface area contributed by atoms with Gasteiger partial charge in [0.25, 0.3) is 11.8 Å². The van der Waals surface area contributed by atoms with Crippen molar-refractivity contribution in [2.45, 2.75) is 96.7 Å². The van der Waals surface area contributed by atoms with Crippen molar-refractivity contribution >= 4 is 17.8 Å². The molecule has 1 aromatic heterocycles.